The number of carbonyl (C=O) groups is 1. The van der Waals surface area contributed by atoms with E-state index in [1.54, 1.807) is 0 Å². The first-order valence-electron chi connectivity index (χ1n) is 5.80. The monoisotopic (exact) mass is 226 g/mol. The number of esters is 1. The third-order valence-corrected chi connectivity index (χ3v) is 3.77. The normalized spacial score (nSPS) is 24.8. The second kappa shape index (κ2) is 3.59. The lowest BCUT2D eigenvalue weighted by Gasteiger charge is -2.35. The SMILES string of the molecule is COC(=O)C1=C(C)C2C=CC1c1ccccc12. The third kappa shape index (κ3) is 1.30. The molecule has 86 valence electrons. The summed E-state index contributed by atoms with van der Waals surface area (Å²) in [6.07, 6.45) is 4.31. The highest BCUT2D eigenvalue weighted by atomic mass is 16.5. The lowest BCUT2D eigenvalue weighted by molar-refractivity contribution is -0.136. The van der Waals surface area contributed by atoms with E-state index in [0.717, 1.165) is 11.1 Å². The van der Waals surface area contributed by atoms with Gasteiger partial charge in [-0.15, -0.1) is 0 Å². The molecule has 2 heteroatoms. The first-order valence-corrected chi connectivity index (χ1v) is 5.80. The van der Waals surface area contributed by atoms with E-state index < -0.39 is 0 Å². The zero-order valence-corrected chi connectivity index (χ0v) is 9.94. The second-order valence-electron chi connectivity index (χ2n) is 4.56. The quantitative estimate of drug-likeness (QED) is 0.543. The molecule has 2 nitrogen and oxygen atoms in total. The van der Waals surface area contributed by atoms with Crippen LogP contribution in [0.25, 0.3) is 0 Å². The molecular weight excluding hydrogens is 212 g/mol. The fraction of sp³-hybridized carbons (Fsp3) is 0.267. The van der Waals surface area contributed by atoms with Gasteiger partial charge in [0.15, 0.2) is 0 Å². The van der Waals surface area contributed by atoms with Gasteiger partial charge in [-0.1, -0.05) is 42.0 Å². The second-order valence-corrected chi connectivity index (χ2v) is 4.56. The van der Waals surface area contributed by atoms with E-state index in [9.17, 15) is 4.79 Å². The molecule has 0 saturated carbocycles. The maximum atomic E-state index is 11.9. The number of hydrogen-bond donors (Lipinski definition) is 0. The van der Waals surface area contributed by atoms with Crippen LogP contribution in [-0.2, 0) is 9.53 Å². The molecule has 0 aromatic heterocycles. The number of allylic oxidation sites excluding steroid dienone is 3. The predicted octanol–water partition coefficient (Wildman–Crippen LogP) is 2.93. The highest BCUT2D eigenvalue weighted by molar-refractivity contribution is 5.93. The molecule has 17 heavy (non-hydrogen) atoms. The largest absolute Gasteiger partial charge is 0.466 e. The van der Waals surface area contributed by atoms with Crippen molar-refractivity contribution >= 4 is 5.97 Å². The molecule has 0 heterocycles. The molecule has 1 aromatic carbocycles. The van der Waals surface area contributed by atoms with Crippen LogP contribution in [0, 0.1) is 0 Å². The van der Waals surface area contributed by atoms with E-state index in [4.69, 9.17) is 4.74 Å². The molecular formula is C15H14O2. The van der Waals surface area contributed by atoms with E-state index in [-0.39, 0.29) is 17.8 Å². The van der Waals surface area contributed by atoms with E-state index in [0.29, 0.717) is 0 Å². The molecule has 0 fully saturated rings. The van der Waals surface area contributed by atoms with Gasteiger partial charge in [0.25, 0.3) is 0 Å². The summed E-state index contributed by atoms with van der Waals surface area (Å²) >= 11 is 0. The van der Waals surface area contributed by atoms with Crippen molar-refractivity contribution in [2.75, 3.05) is 7.11 Å². The van der Waals surface area contributed by atoms with E-state index in [2.05, 4.69) is 30.4 Å². The van der Waals surface area contributed by atoms with Gasteiger partial charge in [-0.2, -0.15) is 0 Å². The van der Waals surface area contributed by atoms with Crippen molar-refractivity contribution in [3.8, 4) is 0 Å². The van der Waals surface area contributed by atoms with Gasteiger partial charge in [0.05, 0.1) is 7.11 Å². The Kier molecular flexibility index (Phi) is 2.18. The third-order valence-electron chi connectivity index (χ3n) is 3.77. The zero-order valence-electron chi connectivity index (χ0n) is 9.94. The summed E-state index contributed by atoms with van der Waals surface area (Å²) in [5.41, 5.74) is 4.51. The summed E-state index contributed by atoms with van der Waals surface area (Å²) < 4.78 is 4.90. The number of methoxy groups -OCH3 is 1. The van der Waals surface area contributed by atoms with Crippen molar-refractivity contribution in [3.63, 3.8) is 0 Å². The van der Waals surface area contributed by atoms with Crippen molar-refractivity contribution in [2.24, 2.45) is 0 Å². The van der Waals surface area contributed by atoms with Crippen molar-refractivity contribution in [1.82, 2.24) is 0 Å². The predicted molar refractivity (Wildman–Crippen MR) is 65.8 cm³/mol. The summed E-state index contributed by atoms with van der Waals surface area (Å²) in [7, 11) is 1.44. The van der Waals surface area contributed by atoms with Crippen LogP contribution >= 0.6 is 0 Å². The van der Waals surface area contributed by atoms with Gasteiger partial charge in [-0.25, -0.2) is 4.79 Å². The molecule has 0 aliphatic heterocycles. The fourth-order valence-electron chi connectivity index (χ4n) is 2.95. The van der Waals surface area contributed by atoms with Gasteiger partial charge in [0, 0.05) is 17.4 Å². The number of hydrogen-bond acceptors (Lipinski definition) is 2. The highest BCUT2D eigenvalue weighted by Crippen LogP contribution is 2.48. The Morgan fingerprint density at radius 3 is 2.35 bits per heavy atom. The van der Waals surface area contributed by atoms with Crippen LogP contribution < -0.4 is 0 Å². The van der Waals surface area contributed by atoms with Crippen LogP contribution in [0.4, 0.5) is 0 Å². The molecule has 3 aliphatic rings. The van der Waals surface area contributed by atoms with Gasteiger partial charge in [-0.3, -0.25) is 0 Å². The van der Waals surface area contributed by atoms with Crippen molar-refractivity contribution in [3.05, 3.63) is 58.7 Å². The summed E-state index contributed by atoms with van der Waals surface area (Å²) in [6.45, 7) is 2.03. The van der Waals surface area contributed by atoms with Crippen LogP contribution in [0.3, 0.4) is 0 Å². The number of rotatable bonds is 1. The number of ether oxygens (including phenoxy) is 1. The average molecular weight is 226 g/mol. The Bertz CT molecular complexity index is 552. The molecule has 2 bridgehead atoms. The summed E-state index contributed by atoms with van der Waals surface area (Å²) in [6, 6.07) is 8.33. The van der Waals surface area contributed by atoms with Crippen molar-refractivity contribution in [1.29, 1.82) is 0 Å². The molecule has 0 saturated heterocycles. The highest BCUT2D eigenvalue weighted by Gasteiger charge is 2.36. The lowest BCUT2D eigenvalue weighted by atomic mass is 9.68. The van der Waals surface area contributed by atoms with Crippen LogP contribution in [0.2, 0.25) is 0 Å². The maximum Gasteiger partial charge on any atom is 0.334 e. The van der Waals surface area contributed by atoms with Crippen LogP contribution in [0.5, 0.6) is 0 Å². The summed E-state index contributed by atoms with van der Waals surface area (Å²) in [5.74, 6) is 0.116. The molecule has 3 aliphatic carbocycles. The molecule has 0 amide bonds. The molecule has 1 aromatic rings. The van der Waals surface area contributed by atoms with Crippen molar-refractivity contribution in [2.45, 2.75) is 18.8 Å². The summed E-state index contributed by atoms with van der Waals surface area (Å²) in [5, 5.41) is 0. The molecule has 2 unspecified atom stereocenters. The minimum Gasteiger partial charge on any atom is -0.466 e. The minimum absolute atomic E-state index is 0.0728. The Morgan fingerprint density at radius 1 is 1.12 bits per heavy atom. The van der Waals surface area contributed by atoms with Gasteiger partial charge in [0.1, 0.15) is 0 Å². The number of benzene rings is 1. The van der Waals surface area contributed by atoms with Gasteiger partial charge < -0.3 is 4.74 Å². The van der Waals surface area contributed by atoms with Gasteiger partial charge in [-0.05, 0) is 18.1 Å². The van der Waals surface area contributed by atoms with Gasteiger partial charge >= 0.3 is 5.97 Å². The standard InChI is InChI=1S/C15H14O2/c1-9-10-7-8-13(14(9)15(16)17-2)12-6-4-3-5-11(10)12/h3-8,10,13H,1-2H3. The molecule has 2 atom stereocenters. The van der Waals surface area contributed by atoms with Gasteiger partial charge in [0.2, 0.25) is 0 Å². The smallest absolute Gasteiger partial charge is 0.334 e. The molecule has 4 rings (SSSR count). The Morgan fingerprint density at radius 2 is 1.71 bits per heavy atom. The Hall–Kier alpha value is -1.83. The zero-order chi connectivity index (χ0) is 12.0. The van der Waals surface area contributed by atoms with Crippen LogP contribution in [-0.4, -0.2) is 13.1 Å². The topological polar surface area (TPSA) is 26.3 Å². The molecule has 0 radical (unpaired) electrons. The fourth-order valence-corrected chi connectivity index (χ4v) is 2.95. The molecule has 0 N–H and O–H groups in total. The Labute approximate surface area is 101 Å². The number of carbonyl (C=O) groups excluding carboxylic acids is 1. The lowest BCUT2D eigenvalue weighted by Crippen LogP contribution is -2.25. The van der Waals surface area contributed by atoms with E-state index in [1.807, 2.05) is 13.0 Å². The first kappa shape index (κ1) is 10.3. The first-order chi connectivity index (χ1) is 8.24. The van der Waals surface area contributed by atoms with Crippen molar-refractivity contribution < 1.29 is 9.53 Å². The maximum absolute atomic E-state index is 11.9. The van der Waals surface area contributed by atoms with E-state index >= 15 is 0 Å². The summed E-state index contributed by atoms with van der Waals surface area (Å²) in [4.78, 5) is 11.9. The molecule has 0 spiro atoms. The average Bonchev–Trinajstić information content (AvgIpc) is 2.39. The van der Waals surface area contributed by atoms with E-state index in [1.165, 1.54) is 18.2 Å². The van der Waals surface area contributed by atoms with Crippen LogP contribution in [0.1, 0.15) is 29.9 Å². The van der Waals surface area contributed by atoms with Crippen LogP contribution in [0.15, 0.2) is 47.6 Å². The Balaban J connectivity index is 2.18. The minimum atomic E-state index is -0.198.